The third-order valence-electron chi connectivity index (χ3n) is 4.38. The summed E-state index contributed by atoms with van der Waals surface area (Å²) in [6.45, 7) is 2.24. The van der Waals surface area contributed by atoms with E-state index in [4.69, 9.17) is 0 Å². The van der Waals surface area contributed by atoms with Crippen molar-refractivity contribution in [2.45, 2.75) is 0 Å². The molecule has 5 nitrogen and oxygen atoms in total. The molecule has 0 unspecified atom stereocenters. The molecule has 1 N–H and O–H groups in total. The van der Waals surface area contributed by atoms with Gasteiger partial charge in [0.1, 0.15) is 5.69 Å². The molecule has 24 heavy (non-hydrogen) atoms. The molecule has 4 rings (SSSR count). The molecule has 3 heterocycles. The minimum Gasteiger partial charge on any atom is -0.357 e. The van der Waals surface area contributed by atoms with E-state index in [1.807, 2.05) is 40.6 Å². The fraction of sp³-hybridized carbons (Fsp3) is 0.222. The van der Waals surface area contributed by atoms with E-state index in [2.05, 4.69) is 4.98 Å². The van der Waals surface area contributed by atoms with Crippen molar-refractivity contribution in [3.63, 3.8) is 0 Å². The zero-order valence-electron chi connectivity index (χ0n) is 13.1. The summed E-state index contributed by atoms with van der Waals surface area (Å²) < 4.78 is 1.19. The van der Waals surface area contributed by atoms with Gasteiger partial charge in [-0.05, 0) is 47.2 Å². The Morgan fingerprint density at radius 1 is 0.958 bits per heavy atom. The number of aromatic amines is 1. The van der Waals surface area contributed by atoms with Crippen molar-refractivity contribution in [2.24, 2.45) is 0 Å². The van der Waals surface area contributed by atoms with Gasteiger partial charge in [-0.1, -0.05) is 0 Å². The lowest BCUT2D eigenvalue weighted by molar-refractivity contribution is 0.0533. The second kappa shape index (κ2) is 6.13. The average Bonchev–Trinajstić information content (AvgIpc) is 3.31. The number of nitrogens with one attached hydrogen (secondary N) is 1. The Balaban J connectivity index is 1.43. The van der Waals surface area contributed by atoms with Crippen LogP contribution < -0.4 is 0 Å². The van der Waals surface area contributed by atoms with E-state index in [1.165, 1.54) is 4.70 Å². The van der Waals surface area contributed by atoms with Crippen molar-refractivity contribution < 1.29 is 9.59 Å². The Hall–Kier alpha value is -2.60. The quantitative estimate of drug-likeness (QED) is 0.780. The number of hydrogen-bond acceptors (Lipinski definition) is 3. The van der Waals surface area contributed by atoms with E-state index in [9.17, 15) is 9.59 Å². The van der Waals surface area contributed by atoms with Crippen molar-refractivity contribution in [2.75, 3.05) is 26.2 Å². The lowest BCUT2D eigenvalue weighted by Gasteiger charge is -2.34. The maximum atomic E-state index is 12.7. The summed E-state index contributed by atoms with van der Waals surface area (Å²) in [5, 5.41) is 3.13. The number of carbonyl (C=O) groups excluding carboxylic acids is 2. The van der Waals surface area contributed by atoms with Crippen LogP contribution in [0.4, 0.5) is 0 Å². The van der Waals surface area contributed by atoms with Gasteiger partial charge in [0.05, 0.1) is 0 Å². The summed E-state index contributed by atoms with van der Waals surface area (Å²) >= 11 is 1.67. The van der Waals surface area contributed by atoms with E-state index in [-0.39, 0.29) is 11.8 Å². The van der Waals surface area contributed by atoms with Gasteiger partial charge in [-0.2, -0.15) is 0 Å². The van der Waals surface area contributed by atoms with Gasteiger partial charge in [0, 0.05) is 42.6 Å². The number of rotatable bonds is 2. The van der Waals surface area contributed by atoms with Crippen LogP contribution in [-0.4, -0.2) is 52.8 Å². The summed E-state index contributed by atoms with van der Waals surface area (Å²) in [5.41, 5.74) is 1.31. The minimum atomic E-state index is -0.00760. The number of nitrogens with zero attached hydrogens (tertiary/aromatic N) is 2. The zero-order chi connectivity index (χ0) is 16.5. The van der Waals surface area contributed by atoms with Crippen molar-refractivity contribution in [3.8, 4) is 0 Å². The van der Waals surface area contributed by atoms with Gasteiger partial charge in [0.15, 0.2) is 0 Å². The van der Waals surface area contributed by atoms with Gasteiger partial charge in [-0.25, -0.2) is 0 Å². The van der Waals surface area contributed by atoms with E-state index in [1.54, 1.807) is 28.5 Å². The van der Waals surface area contributed by atoms with Gasteiger partial charge in [0.2, 0.25) is 0 Å². The zero-order valence-corrected chi connectivity index (χ0v) is 13.9. The van der Waals surface area contributed by atoms with Crippen LogP contribution in [0.2, 0.25) is 0 Å². The molecular formula is C18H17N3O2S. The fourth-order valence-electron chi connectivity index (χ4n) is 3.03. The molecule has 1 aromatic carbocycles. The van der Waals surface area contributed by atoms with Crippen molar-refractivity contribution in [1.29, 1.82) is 0 Å². The van der Waals surface area contributed by atoms with E-state index in [0.717, 1.165) is 5.39 Å². The molecule has 2 aromatic heterocycles. The second-order valence-corrected chi connectivity index (χ2v) is 6.79. The molecule has 0 radical (unpaired) electrons. The highest BCUT2D eigenvalue weighted by molar-refractivity contribution is 7.17. The van der Waals surface area contributed by atoms with Crippen molar-refractivity contribution in [3.05, 3.63) is 59.2 Å². The Morgan fingerprint density at radius 2 is 1.71 bits per heavy atom. The standard InChI is InChI=1S/C18H17N3O2S/c22-17(14-3-4-16-13(12-14)5-11-24-16)20-7-9-21(10-8-20)18(23)15-2-1-6-19-15/h1-6,11-12,19H,7-10H2. The molecule has 2 amide bonds. The smallest absolute Gasteiger partial charge is 0.270 e. The van der Waals surface area contributed by atoms with Crippen LogP contribution in [0.5, 0.6) is 0 Å². The Morgan fingerprint density at radius 3 is 2.42 bits per heavy atom. The highest BCUT2D eigenvalue weighted by Crippen LogP contribution is 2.22. The van der Waals surface area contributed by atoms with Crippen LogP contribution in [0.3, 0.4) is 0 Å². The molecule has 0 aliphatic carbocycles. The van der Waals surface area contributed by atoms with Gasteiger partial charge in [-0.15, -0.1) is 11.3 Å². The van der Waals surface area contributed by atoms with Crippen LogP contribution in [0.15, 0.2) is 48.0 Å². The number of thiophene rings is 1. The average molecular weight is 339 g/mol. The molecule has 1 saturated heterocycles. The largest absolute Gasteiger partial charge is 0.357 e. The summed E-state index contributed by atoms with van der Waals surface area (Å²) in [6.07, 6.45) is 1.74. The van der Waals surface area contributed by atoms with E-state index < -0.39 is 0 Å². The summed E-state index contributed by atoms with van der Waals surface area (Å²) in [4.78, 5) is 31.6. The first kappa shape index (κ1) is 15.0. The van der Waals surface area contributed by atoms with Gasteiger partial charge < -0.3 is 14.8 Å². The highest BCUT2D eigenvalue weighted by atomic mass is 32.1. The molecule has 122 valence electrons. The van der Waals surface area contributed by atoms with E-state index in [0.29, 0.717) is 37.4 Å². The first-order valence-electron chi connectivity index (χ1n) is 7.91. The fourth-order valence-corrected chi connectivity index (χ4v) is 3.80. The number of carbonyl (C=O) groups is 2. The number of piperazine rings is 1. The van der Waals surface area contributed by atoms with Gasteiger partial charge >= 0.3 is 0 Å². The lowest BCUT2D eigenvalue weighted by atomic mass is 10.1. The Bertz CT molecular complexity index is 877. The maximum absolute atomic E-state index is 12.7. The molecule has 1 fully saturated rings. The first-order valence-corrected chi connectivity index (χ1v) is 8.79. The minimum absolute atomic E-state index is 0.00760. The molecule has 1 aliphatic heterocycles. The predicted molar refractivity (Wildman–Crippen MR) is 94.4 cm³/mol. The predicted octanol–water partition coefficient (Wildman–Crippen LogP) is 2.83. The Kier molecular flexibility index (Phi) is 3.82. The highest BCUT2D eigenvalue weighted by Gasteiger charge is 2.25. The second-order valence-electron chi connectivity index (χ2n) is 5.84. The molecule has 0 bridgehead atoms. The van der Waals surface area contributed by atoms with Crippen LogP contribution in [-0.2, 0) is 0 Å². The SMILES string of the molecule is O=C(c1ccc2sccc2c1)N1CCN(C(=O)c2ccc[nH]2)CC1. The van der Waals surface area contributed by atoms with Crippen LogP contribution in [0.1, 0.15) is 20.8 Å². The van der Waals surface area contributed by atoms with Gasteiger partial charge in [-0.3, -0.25) is 9.59 Å². The van der Waals surface area contributed by atoms with E-state index >= 15 is 0 Å². The lowest BCUT2D eigenvalue weighted by Crippen LogP contribution is -2.50. The van der Waals surface area contributed by atoms with Crippen LogP contribution in [0.25, 0.3) is 10.1 Å². The third kappa shape index (κ3) is 2.69. The molecule has 3 aromatic rings. The number of fused-ring (bicyclic) bond motifs is 1. The summed E-state index contributed by atoms with van der Waals surface area (Å²) in [7, 11) is 0. The van der Waals surface area contributed by atoms with Crippen LogP contribution >= 0.6 is 11.3 Å². The molecule has 0 spiro atoms. The van der Waals surface area contributed by atoms with Crippen LogP contribution in [0, 0.1) is 0 Å². The molecule has 0 atom stereocenters. The normalized spacial score (nSPS) is 15.0. The van der Waals surface area contributed by atoms with Crippen molar-refractivity contribution in [1.82, 2.24) is 14.8 Å². The molecule has 6 heteroatoms. The topological polar surface area (TPSA) is 56.4 Å². The monoisotopic (exact) mass is 339 g/mol. The molecule has 1 aliphatic rings. The maximum Gasteiger partial charge on any atom is 0.270 e. The number of hydrogen-bond donors (Lipinski definition) is 1. The molecule has 0 saturated carbocycles. The van der Waals surface area contributed by atoms with Crippen molar-refractivity contribution >= 4 is 33.2 Å². The molecular weight excluding hydrogens is 322 g/mol. The number of benzene rings is 1. The first-order chi connectivity index (χ1) is 11.7. The summed E-state index contributed by atoms with van der Waals surface area (Å²) in [6, 6.07) is 11.5. The summed E-state index contributed by atoms with van der Waals surface area (Å²) in [5.74, 6) is 0.0295. The Labute approximate surface area is 143 Å². The van der Waals surface area contributed by atoms with Gasteiger partial charge in [0.25, 0.3) is 11.8 Å². The third-order valence-corrected chi connectivity index (χ3v) is 5.28. The number of H-pyrrole nitrogens is 1. The number of amides is 2. The number of aromatic nitrogens is 1.